The van der Waals surface area contributed by atoms with Crippen LogP contribution in [0.1, 0.15) is 18.6 Å². The van der Waals surface area contributed by atoms with E-state index in [1.54, 1.807) is 16.3 Å². The van der Waals surface area contributed by atoms with Gasteiger partial charge in [0, 0.05) is 44.1 Å². The van der Waals surface area contributed by atoms with Gasteiger partial charge >= 0.3 is 7.67 Å². The van der Waals surface area contributed by atoms with E-state index in [2.05, 4.69) is 4.98 Å². The third-order valence-electron chi connectivity index (χ3n) is 4.37. The molecule has 0 N–H and O–H groups in total. The number of halogens is 1. The SMILES string of the molecule is CC(OP(=O)(N1CC1)N1CC1)c1cc(-n2ccnc2)c([N+](=O)[O-])cc1F. The van der Waals surface area contributed by atoms with Crippen LogP contribution in [0.4, 0.5) is 10.1 Å². The first kappa shape index (κ1) is 17.3. The summed E-state index contributed by atoms with van der Waals surface area (Å²) in [6, 6.07) is 2.22. The zero-order chi connectivity index (χ0) is 18.5. The molecule has 138 valence electrons. The maximum atomic E-state index is 14.6. The summed E-state index contributed by atoms with van der Waals surface area (Å²) in [5, 5.41) is 11.3. The standard InChI is InChI=1S/C15H17FN5O4P/c1-11(25-26(24,19-4-5-19)20-6-7-20)12-8-14(18-3-2-17-10-18)15(21(22)23)9-13(12)16/h2-3,8-11H,4-7H2,1H3. The van der Waals surface area contributed by atoms with Gasteiger partial charge in [0.2, 0.25) is 0 Å². The third-order valence-corrected chi connectivity index (χ3v) is 7.19. The zero-order valence-corrected chi connectivity index (χ0v) is 14.9. The van der Waals surface area contributed by atoms with Gasteiger partial charge in [0.1, 0.15) is 11.5 Å². The van der Waals surface area contributed by atoms with Crippen molar-refractivity contribution in [1.29, 1.82) is 0 Å². The molecule has 2 aromatic rings. The van der Waals surface area contributed by atoms with E-state index >= 15 is 0 Å². The number of nitro benzene ring substituents is 1. The second kappa shape index (κ2) is 6.24. The maximum Gasteiger partial charge on any atom is 0.346 e. The van der Waals surface area contributed by atoms with Crippen LogP contribution in [0, 0.1) is 15.9 Å². The summed E-state index contributed by atoms with van der Waals surface area (Å²) >= 11 is 0. The van der Waals surface area contributed by atoms with Gasteiger partial charge in [-0.3, -0.25) is 19.2 Å². The van der Waals surface area contributed by atoms with Gasteiger partial charge in [0.25, 0.3) is 5.69 Å². The first-order chi connectivity index (χ1) is 12.4. The van der Waals surface area contributed by atoms with Crippen molar-refractivity contribution >= 4 is 13.4 Å². The molecular formula is C15H17FN5O4P. The average Bonchev–Trinajstić information content (AvgIpc) is 3.52. The Kier molecular flexibility index (Phi) is 4.15. The van der Waals surface area contributed by atoms with Crippen molar-refractivity contribution in [2.75, 3.05) is 26.2 Å². The van der Waals surface area contributed by atoms with E-state index in [0.29, 0.717) is 26.2 Å². The molecule has 2 aliphatic heterocycles. The highest BCUT2D eigenvalue weighted by Gasteiger charge is 2.50. The molecule has 2 saturated heterocycles. The maximum absolute atomic E-state index is 14.6. The van der Waals surface area contributed by atoms with Crippen molar-refractivity contribution < 1.29 is 18.4 Å². The lowest BCUT2D eigenvalue weighted by Gasteiger charge is -2.24. The van der Waals surface area contributed by atoms with Gasteiger partial charge in [-0.2, -0.15) is 0 Å². The van der Waals surface area contributed by atoms with Crippen molar-refractivity contribution in [2.24, 2.45) is 0 Å². The molecule has 4 rings (SSSR count). The van der Waals surface area contributed by atoms with Crippen LogP contribution >= 0.6 is 7.67 Å². The van der Waals surface area contributed by atoms with Crippen molar-refractivity contribution in [3.05, 3.63) is 52.3 Å². The highest BCUT2D eigenvalue weighted by molar-refractivity contribution is 7.54. The van der Waals surface area contributed by atoms with E-state index in [0.717, 1.165) is 6.07 Å². The van der Waals surface area contributed by atoms with E-state index in [4.69, 9.17) is 4.52 Å². The first-order valence-electron chi connectivity index (χ1n) is 8.15. The monoisotopic (exact) mass is 381 g/mol. The Morgan fingerprint density at radius 2 is 1.96 bits per heavy atom. The summed E-state index contributed by atoms with van der Waals surface area (Å²) in [5.74, 6) is -0.767. The summed E-state index contributed by atoms with van der Waals surface area (Å²) in [6.07, 6.45) is 3.57. The second-order valence-electron chi connectivity index (χ2n) is 6.24. The van der Waals surface area contributed by atoms with Crippen LogP contribution in [-0.4, -0.2) is 50.0 Å². The predicted octanol–water partition coefficient (Wildman–Crippen LogP) is 2.74. The molecule has 0 spiro atoms. The second-order valence-corrected chi connectivity index (χ2v) is 8.56. The minimum absolute atomic E-state index is 0.114. The number of imidazole rings is 1. The number of nitrogens with zero attached hydrogens (tertiary/aromatic N) is 5. The van der Waals surface area contributed by atoms with Gasteiger partial charge in [-0.1, -0.05) is 0 Å². The molecule has 0 saturated carbocycles. The summed E-state index contributed by atoms with van der Waals surface area (Å²) in [4.78, 5) is 14.5. The lowest BCUT2D eigenvalue weighted by atomic mass is 10.1. The summed E-state index contributed by atoms with van der Waals surface area (Å²) in [5.41, 5.74) is -0.0904. The Morgan fingerprint density at radius 3 is 2.46 bits per heavy atom. The molecule has 1 atom stereocenters. The normalized spacial score (nSPS) is 18.7. The van der Waals surface area contributed by atoms with Crippen LogP contribution in [0.5, 0.6) is 0 Å². The van der Waals surface area contributed by atoms with Gasteiger partial charge in [-0.05, 0) is 13.0 Å². The van der Waals surface area contributed by atoms with Crippen LogP contribution in [0.2, 0.25) is 0 Å². The molecule has 2 fully saturated rings. The molecule has 26 heavy (non-hydrogen) atoms. The molecule has 2 aliphatic rings. The van der Waals surface area contributed by atoms with Crippen molar-refractivity contribution in [1.82, 2.24) is 18.9 Å². The van der Waals surface area contributed by atoms with Crippen LogP contribution in [-0.2, 0) is 9.09 Å². The molecule has 0 amide bonds. The quantitative estimate of drug-likeness (QED) is 0.315. The first-order valence-corrected chi connectivity index (χ1v) is 9.68. The van der Waals surface area contributed by atoms with Crippen LogP contribution in [0.3, 0.4) is 0 Å². The van der Waals surface area contributed by atoms with E-state index in [-0.39, 0.29) is 16.9 Å². The molecule has 0 radical (unpaired) electrons. The van der Waals surface area contributed by atoms with E-state index in [1.165, 1.54) is 29.4 Å². The Labute approximate surface area is 148 Å². The number of nitro groups is 1. The minimum atomic E-state index is -3.14. The molecule has 3 heterocycles. The fraction of sp³-hybridized carbons (Fsp3) is 0.400. The molecule has 0 bridgehead atoms. The molecule has 1 aromatic carbocycles. The van der Waals surface area contributed by atoms with Gasteiger partial charge in [-0.25, -0.2) is 18.7 Å². The molecule has 1 unspecified atom stereocenters. The predicted molar refractivity (Wildman–Crippen MR) is 90.4 cm³/mol. The van der Waals surface area contributed by atoms with Gasteiger partial charge in [0.05, 0.1) is 23.4 Å². The molecule has 9 nitrogen and oxygen atoms in total. The van der Waals surface area contributed by atoms with Crippen LogP contribution in [0.25, 0.3) is 5.69 Å². The Balaban J connectivity index is 1.70. The van der Waals surface area contributed by atoms with E-state index in [9.17, 15) is 19.1 Å². The largest absolute Gasteiger partial charge is 0.346 e. The highest BCUT2D eigenvalue weighted by Crippen LogP contribution is 2.63. The lowest BCUT2D eigenvalue weighted by molar-refractivity contribution is -0.384. The van der Waals surface area contributed by atoms with E-state index < -0.39 is 24.5 Å². The lowest BCUT2D eigenvalue weighted by Crippen LogP contribution is -2.12. The minimum Gasteiger partial charge on any atom is -0.300 e. The highest BCUT2D eigenvalue weighted by atomic mass is 31.2. The number of rotatable bonds is 7. The Bertz CT molecular complexity index is 882. The molecular weight excluding hydrogens is 364 g/mol. The van der Waals surface area contributed by atoms with Crippen LogP contribution in [0.15, 0.2) is 30.9 Å². The number of hydrogen-bond donors (Lipinski definition) is 0. The number of aromatic nitrogens is 2. The topological polar surface area (TPSA) is 93.3 Å². The third kappa shape index (κ3) is 3.05. The number of hydrogen-bond acceptors (Lipinski definition) is 5. The van der Waals surface area contributed by atoms with E-state index in [1.807, 2.05) is 0 Å². The Morgan fingerprint density at radius 1 is 1.31 bits per heavy atom. The van der Waals surface area contributed by atoms with Crippen molar-refractivity contribution in [3.8, 4) is 5.69 Å². The fourth-order valence-electron chi connectivity index (χ4n) is 2.80. The zero-order valence-electron chi connectivity index (χ0n) is 14.0. The van der Waals surface area contributed by atoms with Crippen molar-refractivity contribution in [3.63, 3.8) is 0 Å². The summed E-state index contributed by atoms with van der Waals surface area (Å²) < 4.78 is 38.4. The molecule has 1 aromatic heterocycles. The molecule has 0 aliphatic carbocycles. The van der Waals surface area contributed by atoms with Crippen molar-refractivity contribution in [2.45, 2.75) is 13.0 Å². The van der Waals surface area contributed by atoms with Gasteiger partial charge < -0.3 is 4.57 Å². The number of benzene rings is 1. The molecule has 11 heteroatoms. The Hall–Kier alpha value is -2.13. The van der Waals surface area contributed by atoms with Gasteiger partial charge in [0.15, 0.2) is 0 Å². The fourth-order valence-corrected chi connectivity index (χ4v) is 5.14. The smallest absolute Gasteiger partial charge is 0.300 e. The van der Waals surface area contributed by atoms with Crippen LogP contribution < -0.4 is 0 Å². The summed E-state index contributed by atoms with van der Waals surface area (Å²) in [6.45, 7) is 4.34. The van der Waals surface area contributed by atoms with Gasteiger partial charge in [-0.15, -0.1) is 0 Å². The summed E-state index contributed by atoms with van der Waals surface area (Å²) in [7, 11) is -3.14. The average molecular weight is 381 g/mol.